The number of hydrogen-bond donors (Lipinski definition) is 0. The van der Waals surface area contributed by atoms with Crippen LogP contribution < -0.4 is 14.2 Å². The van der Waals surface area contributed by atoms with Gasteiger partial charge in [0.15, 0.2) is 11.5 Å². The molecule has 0 spiro atoms. The lowest BCUT2D eigenvalue weighted by atomic mass is 9.97. The van der Waals surface area contributed by atoms with Gasteiger partial charge in [0.1, 0.15) is 24.0 Å². The molecule has 0 radical (unpaired) electrons. The number of aromatic nitrogens is 1. The Morgan fingerprint density at radius 2 is 2.13 bits per heavy atom. The van der Waals surface area contributed by atoms with Gasteiger partial charge in [0, 0.05) is 10.4 Å². The number of carbonyl (C=O) groups is 1. The standard InChI is InChI=1S/C22H20ClNO5S/c1-26-19-5-3-4-17(20(19)27-2)21-24-16(12-30-21)11-29-22(25)14-8-13-9-15(23)6-7-18(13)28-10-14/h3-7,9,12,14H,8,10-11H2,1-2H3. The van der Waals surface area contributed by atoms with Gasteiger partial charge in [0.05, 0.1) is 31.4 Å². The van der Waals surface area contributed by atoms with E-state index in [0.717, 1.165) is 21.9 Å². The van der Waals surface area contributed by atoms with Gasteiger partial charge in [-0.2, -0.15) is 0 Å². The number of esters is 1. The molecule has 0 aliphatic carbocycles. The van der Waals surface area contributed by atoms with E-state index in [9.17, 15) is 4.79 Å². The molecular formula is C22H20ClNO5S. The van der Waals surface area contributed by atoms with Crippen molar-refractivity contribution in [3.63, 3.8) is 0 Å². The number of carbonyl (C=O) groups excluding carboxylic acids is 1. The summed E-state index contributed by atoms with van der Waals surface area (Å²) in [6, 6.07) is 11.0. The van der Waals surface area contributed by atoms with Crippen LogP contribution in [0.4, 0.5) is 0 Å². The molecule has 0 N–H and O–H groups in total. The molecule has 6 nitrogen and oxygen atoms in total. The van der Waals surface area contributed by atoms with Crippen LogP contribution in [0, 0.1) is 5.92 Å². The molecule has 3 aromatic rings. The third-order valence-corrected chi connectivity index (χ3v) is 5.97. The van der Waals surface area contributed by atoms with Gasteiger partial charge in [-0.1, -0.05) is 17.7 Å². The van der Waals surface area contributed by atoms with Crippen molar-refractivity contribution in [3.8, 4) is 27.8 Å². The highest BCUT2D eigenvalue weighted by molar-refractivity contribution is 7.13. The molecule has 2 heterocycles. The molecule has 1 aromatic heterocycles. The zero-order valence-corrected chi connectivity index (χ0v) is 18.1. The summed E-state index contributed by atoms with van der Waals surface area (Å²) in [6.45, 7) is 0.386. The minimum atomic E-state index is -0.368. The first kappa shape index (κ1) is 20.5. The van der Waals surface area contributed by atoms with E-state index in [-0.39, 0.29) is 25.1 Å². The average molecular weight is 446 g/mol. The molecule has 1 atom stereocenters. The summed E-state index contributed by atoms with van der Waals surface area (Å²) < 4.78 is 22.0. The van der Waals surface area contributed by atoms with Gasteiger partial charge in [0.2, 0.25) is 0 Å². The summed E-state index contributed by atoms with van der Waals surface area (Å²) in [5.41, 5.74) is 2.42. The highest BCUT2D eigenvalue weighted by Gasteiger charge is 2.27. The van der Waals surface area contributed by atoms with Crippen LogP contribution in [0.2, 0.25) is 5.02 Å². The summed E-state index contributed by atoms with van der Waals surface area (Å²) in [5.74, 6) is 1.34. The Morgan fingerprint density at radius 3 is 2.93 bits per heavy atom. The number of methoxy groups -OCH3 is 2. The Morgan fingerprint density at radius 1 is 1.27 bits per heavy atom. The van der Waals surface area contributed by atoms with E-state index in [1.165, 1.54) is 11.3 Å². The third-order valence-electron chi connectivity index (χ3n) is 4.81. The fourth-order valence-electron chi connectivity index (χ4n) is 3.33. The van der Waals surface area contributed by atoms with Gasteiger partial charge in [-0.25, -0.2) is 4.98 Å². The molecule has 0 amide bonds. The highest BCUT2D eigenvalue weighted by atomic mass is 35.5. The van der Waals surface area contributed by atoms with E-state index >= 15 is 0 Å². The maximum absolute atomic E-state index is 12.5. The minimum Gasteiger partial charge on any atom is -0.493 e. The second-order valence-corrected chi connectivity index (χ2v) is 8.05. The fourth-order valence-corrected chi connectivity index (χ4v) is 4.35. The van der Waals surface area contributed by atoms with Gasteiger partial charge in [-0.05, 0) is 42.3 Å². The number of hydrogen-bond acceptors (Lipinski definition) is 7. The van der Waals surface area contributed by atoms with Crippen LogP contribution in [0.3, 0.4) is 0 Å². The van der Waals surface area contributed by atoms with Crippen molar-refractivity contribution in [1.82, 2.24) is 4.98 Å². The monoisotopic (exact) mass is 445 g/mol. The number of rotatable bonds is 6. The second kappa shape index (κ2) is 8.93. The van der Waals surface area contributed by atoms with Crippen molar-refractivity contribution in [2.24, 2.45) is 5.92 Å². The molecule has 156 valence electrons. The van der Waals surface area contributed by atoms with Crippen LogP contribution in [0.25, 0.3) is 10.6 Å². The maximum atomic E-state index is 12.5. The molecule has 0 bridgehead atoms. The third kappa shape index (κ3) is 4.22. The SMILES string of the molecule is COc1cccc(-c2nc(COC(=O)C3COc4ccc(Cl)cc4C3)cs2)c1OC. The quantitative estimate of drug-likeness (QED) is 0.509. The number of fused-ring (bicyclic) bond motifs is 1. The first-order valence-corrected chi connectivity index (χ1v) is 10.6. The summed E-state index contributed by atoms with van der Waals surface area (Å²) in [4.78, 5) is 17.1. The molecule has 1 aliphatic heterocycles. The molecule has 8 heteroatoms. The highest BCUT2D eigenvalue weighted by Crippen LogP contribution is 2.39. The van der Waals surface area contributed by atoms with E-state index < -0.39 is 0 Å². The molecular weight excluding hydrogens is 426 g/mol. The lowest BCUT2D eigenvalue weighted by Crippen LogP contribution is -2.29. The predicted molar refractivity (Wildman–Crippen MR) is 115 cm³/mol. The van der Waals surface area contributed by atoms with Crippen LogP contribution in [0.5, 0.6) is 17.2 Å². The van der Waals surface area contributed by atoms with Crippen LogP contribution in [-0.2, 0) is 22.6 Å². The van der Waals surface area contributed by atoms with E-state index in [2.05, 4.69) is 4.98 Å². The molecule has 1 unspecified atom stereocenters. The van der Waals surface area contributed by atoms with Gasteiger partial charge in [0.25, 0.3) is 0 Å². The number of benzene rings is 2. The molecule has 30 heavy (non-hydrogen) atoms. The lowest BCUT2D eigenvalue weighted by Gasteiger charge is -2.24. The molecule has 2 aromatic carbocycles. The van der Waals surface area contributed by atoms with Gasteiger partial charge >= 0.3 is 5.97 Å². The second-order valence-electron chi connectivity index (χ2n) is 6.76. The van der Waals surface area contributed by atoms with Gasteiger partial charge < -0.3 is 18.9 Å². The first-order valence-electron chi connectivity index (χ1n) is 9.32. The number of para-hydroxylation sites is 1. The number of ether oxygens (including phenoxy) is 4. The van der Waals surface area contributed by atoms with E-state index in [0.29, 0.717) is 28.6 Å². The Kier molecular flexibility index (Phi) is 6.11. The summed E-state index contributed by atoms with van der Waals surface area (Å²) in [5, 5.41) is 3.25. The van der Waals surface area contributed by atoms with Crippen molar-refractivity contribution in [1.29, 1.82) is 0 Å². The van der Waals surface area contributed by atoms with E-state index in [4.69, 9.17) is 30.5 Å². The largest absolute Gasteiger partial charge is 0.493 e. The Balaban J connectivity index is 1.41. The zero-order valence-electron chi connectivity index (χ0n) is 16.5. The maximum Gasteiger partial charge on any atom is 0.313 e. The van der Waals surface area contributed by atoms with Crippen molar-refractivity contribution >= 4 is 28.9 Å². The van der Waals surface area contributed by atoms with Crippen molar-refractivity contribution < 1.29 is 23.7 Å². The van der Waals surface area contributed by atoms with Crippen LogP contribution >= 0.6 is 22.9 Å². The normalized spacial score (nSPS) is 15.1. The summed E-state index contributed by atoms with van der Waals surface area (Å²) in [7, 11) is 3.19. The Hall–Kier alpha value is -2.77. The predicted octanol–water partition coefficient (Wildman–Crippen LogP) is 4.78. The molecule has 0 saturated carbocycles. The Bertz CT molecular complexity index is 1070. The van der Waals surface area contributed by atoms with Gasteiger partial charge in [-0.15, -0.1) is 11.3 Å². The summed E-state index contributed by atoms with van der Waals surface area (Å²) >= 11 is 7.50. The zero-order chi connectivity index (χ0) is 21.1. The molecule has 0 fully saturated rings. The van der Waals surface area contributed by atoms with Gasteiger partial charge in [-0.3, -0.25) is 4.79 Å². The number of thiazole rings is 1. The molecule has 0 saturated heterocycles. The molecule has 1 aliphatic rings. The van der Waals surface area contributed by atoms with Crippen molar-refractivity contribution in [2.45, 2.75) is 13.0 Å². The lowest BCUT2D eigenvalue weighted by molar-refractivity contribution is -0.151. The fraction of sp³-hybridized carbons (Fsp3) is 0.273. The topological polar surface area (TPSA) is 66.9 Å². The number of nitrogens with zero attached hydrogens (tertiary/aromatic N) is 1. The number of halogens is 1. The Labute approximate surface area is 183 Å². The average Bonchev–Trinajstić information content (AvgIpc) is 3.25. The van der Waals surface area contributed by atoms with Crippen LogP contribution in [0.1, 0.15) is 11.3 Å². The van der Waals surface area contributed by atoms with Crippen LogP contribution in [-0.4, -0.2) is 31.8 Å². The van der Waals surface area contributed by atoms with E-state index in [1.807, 2.05) is 35.7 Å². The smallest absolute Gasteiger partial charge is 0.313 e. The van der Waals surface area contributed by atoms with Crippen molar-refractivity contribution in [2.75, 3.05) is 20.8 Å². The first-order chi connectivity index (χ1) is 14.6. The van der Waals surface area contributed by atoms with Crippen molar-refractivity contribution in [3.05, 3.63) is 58.1 Å². The molecule has 4 rings (SSSR count). The van der Waals surface area contributed by atoms with E-state index in [1.54, 1.807) is 20.3 Å². The minimum absolute atomic E-state index is 0.0977. The summed E-state index contributed by atoms with van der Waals surface area (Å²) in [6.07, 6.45) is 0.540. The van der Waals surface area contributed by atoms with Crippen LogP contribution in [0.15, 0.2) is 41.8 Å².